The van der Waals surface area contributed by atoms with Gasteiger partial charge in [-0.2, -0.15) is 0 Å². The fourth-order valence-corrected chi connectivity index (χ4v) is 2.07. The monoisotopic (exact) mass is 254 g/mol. The maximum Gasteiger partial charge on any atom is 0.146 e. The van der Waals surface area contributed by atoms with Gasteiger partial charge in [-0.25, -0.2) is 4.39 Å². The Bertz CT molecular complexity index is 395. The van der Waals surface area contributed by atoms with E-state index in [-0.39, 0.29) is 5.69 Å². The third kappa shape index (κ3) is 3.41. The summed E-state index contributed by atoms with van der Waals surface area (Å²) < 4.78 is 18.3. The van der Waals surface area contributed by atoms with E-state index < -0.39 is 11.9 Å². The van der Waals surface area contributed by atoms with Crippen LogP contribution < -0.4 is 5.73 Å². The molecule has 100 valence electrons. The van der Waals surface area contributed by atoms with Crippen molar-refractivity contribution in [2.45, 2.75) is 12.5 Å². The molecule has 18 heavy (non-hydrogen) atoms. The number of benzene rings is 1. The van der Waals surface area contributed by atoms with Crippen LogP contribution in [-0.2, 0) is 4.74 Å². The number of rotatable bonds is 4. The summed E-state index contributed by atoms with van der Waals surface area (Å²) in [6.45, 7) is 4.11. The Hall–Kier alpha value is -1.17. The van der Waals surface area contributed by atoms with Crippen LogP contribution in [0.25, 0.3) is 0 Å². The molecular weight excluding hydrogens is 235 g/mol. The second kappa shape index (κ2) is 6.13. The summed E-state index contributed by atoms with van der Waals surface area (Å²) >= 11 is 0. The number of aliphatic hydroxyl groups excluding tert-OH is 1. The lowest BCUT2D eigenvalue weighted by Crippen LogP contribution is -2.37. The molecule has 0 amide bonds. The van der Waals surface area contributed by atoms with Crippen molar-refractivity contribution in [3.05, 3.63) is 29.6 Å². The van der Waals surface area contributed by atoms with Crippen LogP contribution in [0.4, 0.5) is 10.1 Å². The number of nitrogens with zero attached hydrogens (tertiary/aromatic N) is 1. The quantitative estimate of drug-likeness (QED) is 0.792. The zero-order chi connectivity index (χ0) is 13.0. The molecule has 1 saturated heterocycles. The van der Waals surface area contributed by atoms with E-state index in [1.165, 1.54) is 12.1 Å². The molecule has 1 fully saturated rings. The fourth-order valence-electron chi connectivity index (χ4n) is 2.07. The number of hydrogen-bond acceptors (Lipinski definition) is 4. The fraction of sp³-hybridized carbons (Fsp3) is 0.538. The summed E-state index contributed by atoms with van der Waals surface area (Å²) in [5.41, 5.74) is 6.23. The predicted octanol–water partition coefficient (Wildman–Crippen LogP) is 1.16. The Balaban J connectivity index is 1.86. The lowest BCUT2D eigenvalue weighted by molar-refractivity contribution is 0.0300. The second-order valence-electron chi connectivity index (χ2n) is 4.54. The number of halogens is 1. The maximum atomic E-state index is 13.0. The maximum absolute atomic E-state index is 13.0. The summed E-state index contributed by atoms with van der Waals surface area (Å²) in [6, 6.07) is 4.37. The van der Waals surface area contributed by atoms with E-state index in [0.29, 0.717) is 12.0 Å². The number of nitrogens with two attached hydrogens (primary N) is 1. The van der Waals surface area contributed by atoms with Crippen LogP contribution in [-0.4, -0.2) is 42.9 Å². The Labute approximate surface area is 106 Å². The molecule has 1 aliphatic heterocycles. The molecule has 1 aliphatic rings. The van der Waals surface area contributed by atoms with E-state index >= 15 is 0 Å². The SMILES string of the molecule is Nc1cc(C(O)CCN2CCOCC2)ccc1F. The summed E-state index contributed by atoms with van der Waals surface area (Å²) in [5.74, 6) is -0.445. The Morgan fingerprint density at radius 2 is 2.11 bits per heavy atom. The number of hydrogen-bond donors (Lipinski definition) is 2. The number of morpholine rings is 1. The third-order valence-electron chi connectivity index (χ3n) is 3.23. The topological polar surface area (TPSA) is 58.7 Å². The van der Waals surface area contributed by atoms with Crippen molar-refractivity contribution in [1.29, 1.82) is 0 Å². The molecule has 1 unspecified atom stereocenters. The normalized spacial score (nSPS) is 18.8. The summed E-state index contributed by atoms with van der Waals surface area (Å²) in [4.78, 5) is 2.25. The first kappa shape index (κ1) is 13.3. The lowest BCUT2D eigenvalue weighted by Gasteiger charge is -2.27. The molecule has 3 N–H and O–H groups in total. The van der Waals surface area contributed by atoms with Gasteiger partial charge in [-0.15, -0.1) is 0 Å². The molecule has 1 heterocycles. The smallest absolute Gasteiger partial charge is 0.146 e. The Morgan fingerprint density at radius 1 is 1.39 bits per heavy atom. The highest BCUT2D eigenvalue weighted by molar-refractivity contribution is 5.43. The number of nitrogen functional groups attached to an aromatic ring is 1. The van der Waals surface area contributed by atoms with Crippen LogP contribution in [0.2, 0.25) is 0 Å². The van der Waals surface area contributed by atoms with E-state index in [4.69, 9.17) is 10.5 Å². The van der Waals surface area contributed by atoms with E-state index in [9.17, 15) is 9.50 Å². The van der Waals surface area contributed by atoms with Gasteiger partial charge in [0.15, 0.2) is 0 Å². The molecule has 2 rings (SSSR count). The van der Waals surface area contributed by atoms with Crippen LogP contribution in [0, 0.1) is 5.82 Å². The van der Waals surface area contributed by atoms with Crippen molar-refractivity contribution < 1.29 is 14.2 Å². The van der Waals surface area contributed by atoms with Gasteiger partial charge in [0, 0.05) is 19.6 Å². The van der Waals surface area contributed by atoms with Gasteiger partial charge in [-0.1, -0.05) is 6.07 Å². The van der Waals surface area contributed by atoms with Gasteiger partial charge < -0.3 is 15.6 Å². The summed E-state index contributed by atoms with van der Waals surface area (Å²) in [6.07, 6.45) is 0.0150. The van der Waals surface area contributed by atoms with Gasteiger partial charge in [0.1, 0.15) is 5.82 Å². The van der Waals surface area contributed by atoms with E-state index in [0.717, 1.165) is 32.8 Å². The minimum Gasteiger partial charge on any atom is -0.396 e. The van der Waals surface area contributed by atoms with Gasteiger partial charge in [-0.3, -0.25) is 4.90 Å². The zero-order valence-corrected chi connectivity index (χ0v) is 10.3. The van der Waals surface area contributed by atoms with Gasteiger partial charge in [0.25, 0.3) is 0 Å². The highest BCUT2D eigenvalue weighted by Crippen LogP contribution is 2.21. The van der Waals surface area contributed by atoms with Crippen molar-refractivity contribution >= 4 is 5.69 Å². The molecule has 0 spiro atoms. The Morgan fingerprint density at radius 3 is 2.78 bits per heavy atom. The molecule has 1 aromatic rings. The number of aliphatic hydroxyl groups is 1. The van der Waals surface area contributed by atoms with Gasteiger partial charge in [0.2, 0.25) is 0 Å². The largest absolute Gasteiger partial charge is 0.396 e. The minimum absolute atomic E-state index is 0.0814. The number of ether oxygens (including phenoxy) is 1. The van der Waals surface area contributed by atoms with Crippen LogP contribution in [0.1, 0.15) is 18.1 Å². The van der Waals surface area contributed by atoms with Crippen molar-refractivity contribution in [2.75, 3.05) is 38.6 Å². The highest BCUT2D eigenvalue weighted by Gasteiger charge is 2.14. The van der Waals surface area contributed by atoms with E-state index in [2.05, 4.69) is 4.90 Å². The Kier molecular flexibility index (Phi) is 4.52. The van der Waals surface area contributed by atoms with Gasteiger partial charge >= 0.3 is 0 Å². The van der Waals surface area contributed by atoms with E-state index in [1.54, 1.807) is 6.07 Å². The zero-order valence-electron chi connectivity index (χ0n) is 10.3. The first-order valence-electron chi connectivity index (χ1n) is 6.20. The average Bonchev–Trinajstić information content (AvgIpc) is 2.40. The van der Waals surface area contributed by atoms with Crippen molar-refractivity contribution in [3.63, 3.8) is 0 Å². The molecule has 0 saturated carbocycles. The van der Waals surface area contributed by atoms with Gasteiger partial charge in [0.05, 0.1) is 25.0 Å². The summed E-state index contributed by atoms with van der Waals surface area (Å²) in [7, 11) is 0. The predicted molar refractivity (Wildman–Crippen MR) is 67.6 cm³/mol. The molecule has 1 atom stereocenters. The second-order valence-corrected chi connectivity index (χ2v) is 4.54. The van der Waals surface area contributed by atoms with Crippen molar-refractivity contribution in [3.8, 4) is 0 Å². The number of anilines is 1. The standard InChI is InChI=1S/C13H19FN2O2/c14-11-2-1-10(9-12(11)15)13(17)3-4-16-5-7-18-8-6-16/h1-2,9,13,17H,3-8,15H2. The van der Waals surface area contributed by atoms with Crippen LogP contribution >= 0.6 is 0 Å². The molecular formula is C13H19FN2O2. The van der Waals surface area contributed by atoms with Crippen LogP contribution in [0.15, 0.2) is 18.2 Å². The summed E-state index contributed by atoms with van der Waals surface area (Å²) in [5, 5.41) is 10.0. The molecule has 0 bridgehead atoms. The molecule has 1 aromatic carbocycles. The first-order chi connectivity index (χ1) is 8.66. The van der Waals surface area contributed by atoms with Crippen LogP contribution in [0.5, 0.6) is 0 Å². The third-order valence-corrected chi connectivity index (χ3v) is 3.23. The highest BCUT2D eigenvalue weighted by atomic mass is 19.1. The van der Waals surface area contributed by atoms with Crippen molar-refractivity contribution in [1.82, 2.24) is 4.90 Å². The molecule has 4 nitrogen and oxygen atoms in total. The van der Waals surface area contributed by atoms with E-state index in [1.807, 2.05) is 0 Å². The molecule has 0 aliphatic carbocycles. The minimum atomic E-state index is -0.601. The molecule has 5 heteroatoms. The van der Waals surface area contributed by atoms with Crippen LogP contribution in [0.3, 0.4) is 0 Å². The molecule has 0 aromatic heterocycles. The lowest BCUT2D eigenvalue weighted by atomic mass is 10.1. The average molecular weight is 254 g/mol. The molecule has 0 radical (unpaired) electrons. The first-order valence-corrected chi connectivity index (χ1v) is 6.20. The van der Waals surface area contributed by atoms with Gasteiger partial charge in [-0.05, 0) is 24.1 Å². The van der Waals surface area contributed by atoms with Crippen molar-refractivity contribution in [2.24, 2.45) is 0 Å².